The lowest BCUT2D eigenvalue weighted by Crippen LogP contribution is -2.04. The largest absolute Gasteiger partial charge is 0.488 e. The van der Waals surface area contributed by atoms with Gasteiger partial charge in [-0.1, -0.05) is 48.0 Å². The minimum Gasteiger partial charge on any atom is -0.488 e. The number of halogens is 1. The number of benzene rings is 2. The van der Waals surface area contributed by atoms with Gasteiger partial charge in [0.1, 0.15) is 18.7 Å². The van der Waals surface area contributed by atoms with E-state index in [2.05, 4.69) is 20.5 Å². The molecule has 22 heavy (non-hydrogen) atoms. The summed E-state index contributed by atoms with van der Waals surface area (Å²) in [5.41, 5.74) is 1.99. The van der Waals surface area contributed by atoms with Crippen molar-refractivity contribution in [2.24, 2.45) is 0 Å². The van der Waals surface area contributed by atoms with Crippen LogP contribution in [0.4, 0.5) is 5.95 Å². The first-order valence-corrected chi connectivity index (χ1v) is 7.24. The first-order chi connectivity index (χ1) is 10.8. The maximum atomic E-state index is 6.15. The van der Waals surface area contributed by atoms with E-state index in [1.165, 1.54) is 6.33 Å². The monoisotopic (exact) mass is 314 g/mol. The van der Waals surface area contributed by atoms with E-state index in [4.69, 9.17) is 16.3 Å². The molecule has 0 atom stereocenters. The van der Waals surface area contributed by atoms with Gasteiger partial charge < -0.3 is 10.1 Å². The van der Waals surface area contributed by atoms with Gasteiger partial charge in [0.15, 0.2) is 0 Å². The molecule has 0 amide bonds. The Bertz CT molecular complexity index is 731. The van der Waals surface area contributed by atoms with Crippen molar-refractivity contribution in [2.45, 2.75) is 13.2 Å². The summed E-state index contributed by atoms with van der Waals surface area (Å²) in [6.07, 6.45) is 1.46. The van der Waals surface area contributed by atoms with Crippen LogP contribution in [-0.2, 0) is 13.2 Å². The van der Waals surface area contributed by atoms with Crippen LogP contribution in [-0.4, -0.2) is 15.2 Å². The van der Waals surface area contributed by atoms with Gasteiger partial charge in [0.05, 0.1) is 0 Å². The fraction of sp³-hybridized carbons (Fsp3) is 0.125. The Morgan fingerprint density at radius 2 is 1.82 bits per heavy atom. The number of nitrogens with zero attached hydrogens (tertiary/aromatic N) is 2. The summed E-state index contributed by atoms with van der Waals surface area (Å²) in [5, 5.41) is 10.4. The predicted octanol–water partition coefficient (Wildman–Crippen LogP) is 3.65. The second-order valence-electron chi connectivity index (χ2n) is 4.68. The number of rotatable bonds is 6. The minimum atomic E-state index is 0.430. The quantitative estimate of drug-likeness (QED) is 0.729. The molecule has 2 N–H and O–H groups in total. The van der Waals surface area contributed by atoms with Gasteiger partial charge in [-0.05, 0) is 12.1 Å². The molecule has 0 fully saturated rings. The van der Waals surface area contributed by atoms with Crippen LogP contribution >= 0.6 is 11.6 Å². The highest BCUT2D eigenvalue weighted by Crippen LogP contribution is 2.22. The summed E-state index contributed by atoms with van der Waals surface area (Å²) >= 11 is 6.15. The summed E-state index contributed by atoms with van der Waals surface area (Å²) in [6.45, 7) is 1.02. The number of anilines is 1. The SMILES string of the molecule is Clc1ccccc1COc1ccccc1CNc1ncn[nH]1. The van der Waals surface area contributed by atoms with Crippen LogP contribution in [0.2, 0.25) is 5.02 Å². The molecular weight excluding hydrogens is 300 g/mol. The zero-order chi connectivity index (χ0) is 15.2. The van der Waals surface area contributed by atoms with Crippen molar-refractivity contribution >= 4 is 17.5 Å². The van der Waals surface area contributed by atoms with Gasteiger partial charge in [-0.15, -0.1) is 0 Å². The Balaban J connectivity index is 1.67. The van der Waals surface area contributed by atoms with E-state index < -0.39 is 0 Å². The van der Waals surface area contributed by atoms with Crippen LogP contribution < -0.4 is 10.1 Å². The van der Waals surface area contributed by atoms with Crippen LogP contribution in [0.25, 0.3) is 0 Å². The zero-order valence-electron chi connectivity index (χ0n) is 11.8. The molecule has 5 nitrogen and oxygen atoms in total. The Hall–Kier alpha value is -2.53. The molecule has 2 aromatic carbocycles. The molecule has 0 aliphatic heterocycles. The average Bonchev–Trinajstić information content (AvgIpc) is 3.06. The van der Waals surface area contributed by atoms with E-state index in [-0.39, 0.29) is 0 Å². The van der Waals surface area contributed by atoms with E-state index >= 15 is 0 Å². The van der Waals surface area contributed by atoms with Gasteiger partial charge in [0.2, 0.25) is 5.95 Å². The molecule has 0 aliphatic rings. The summed E-state index contributed by atoms with van der Waals surface area (Å²) in [6, 6.07) is 15.5. The number of hydrogen-bond acceptors (Lipinski definition) is 4. The fourth-order valence-electron chi connectivity index (χ4n) is 2.03. The Kier molecular flexibility index (Phi) is 4.56. The molecule has 0 saturated carbocycles. The maximum Gasteiger partial charge on any atom is 0.218 e. The second-order valence-corrected chi connectivity index (χ2v) is 5.08. The Morgan fingerprint density at radius 3 is 2.59 bits per heavy atom. The molecule has 3 rings (SSSR count). The maximum absolute atomic E-state index is 6.15. The van der Waals surface area contributed by atoms with Crippen molar-refractivity contribution < 1.29 is 4.74 Å². The molecule has 1 aromatic heterocycles. The molecule has 1 heterocycles. The average molecular weight is 315 g/mol. The van der Waals surface area contributed by atoms with Crippen LogP contribution in [0.15, 0.2) is 54.9 Å². The molecule has 0 spiro atoms. The number of hydrogen-bond donors (Lipinski definition) is 2. The minimum absolute atomic E-state index is 0.430. The van der Waals surface area contributed by atoms with Crippen molar-refractivity contribution in [2.75, 3.05) is 5.32 Å². The third-order valence-electron chi connectivity index (χ3n) is 3.17. The molecule has 0 saturated heterocycles. The Morgan fingerprint density at radius 1 is 1.05 bits per heavy atom. The number of H-pyrrole nitrogens is 1. The molecule has 0 bridgehead atoms. The normalized spacial score (nSPS) is 10.4. The summed E-state index contributed by atoms with van der Waals surface area (Å²) in [7, 11) is 0. The van der Waals surface area contributed by atoms with Crippen molar-refractivity contribution in [3.8, 4) is 5.75 Å². The predicted molar refractivity (Wildman–Crippen MR) is 85.9 cm³/mol. The highest BCUT2D eigenvalue weighted by atomic mass is 35.5. The van der Waals surface area contributed by atoms with E-state index in [9.17, 15) is 0 Å². The summed E-state index contributed by atoms with van der Waals surface area (Å²) < 4.78 is 5.90. The number of ether oxygens (including phenoxy) is 1. The smallest absolute Gasteiger partial charge is 0.218 e. The van der Waals surface area contributed by atoms with Gasteiger partial charge in [-0.25, -0.2) is 10.1 Å². The van der Waals surface area contributed by atoms with Gasteiger partial charge in [0, 0.05) is 22.7 Å². The van der Waals surface area contributed by atoms with Gasteiger partial charge >= 0.3 is 0 Å². The van der Waals surface area contributed by atoms with Crippen molar-refractivity contribution in [1.82, 2.24) is 15.2 Å². The fourth-order valence-corrected chi connectivity index (χ4v) is 2.22. The lowest BCUT2D eigenvalue weighted by atomic mass is 10.2. The number of aromatic amines is 1. The summed E-state index contributed by atoms with van der Waals surface area (Å²) in [5.74, 6) is 1.44. The van der Waals surface area contributed by atoms with Crippen LogP contribution in [0.3, 0.4) is 0 Å². The van der Waals surface area contributed by atoms with E-state index in [1.54, 1.807) is 0 Å². The number of nitrogens with one attached hydrogen (secondary N) is 2. The zero-order valence-corrected chi connectivity index (χ0v) is 12.5. The van der Waals surface area contributed by atoms with Crippen LogP contribution in [0, 0.1) is 0 Å². The highest BCUT2D eigenvalue weighted by Gasteiger charge is 2.06. The van der Waals surface area contributed by atoms with Crippen molar-refractivity contribution in [1.29, 1.82) is 0 Å². The molecule has 0 radical (unpaired) electrons. The van der Waals surface area contributed by atoms with E-state index in [0.717, 1.165) is 16.9 Å². The first-order valence-electron chi connectivity index (χ1n) is 6.86. The number of aromatic nitrogens is 3. The second kappa shape index (κ2) is 6.95. The standard InChI is InChI=1S/C16H15ClN4O/c17-14-7-3-1-6-13(14)10-22-15-8-4-2-5-12(15)9-18-16-19-11-20-21-16/h1-8,11H,9-10H2,(H2,18,19,20,21). The van der Waals surface area contributed by atoms with Crippen LogP contribution in [0.1, 0.15) is 11.1 Å². The highest BCUT2D eigenvalue weighted by molar-refractivity contribution is 6.31. The molecule has 0 unspecified atom stereocenters. The van der Waals surface area contributed by atoms with Gasteiger partial charge in [0.25, 0.3) is 0 Å². The molecule has 0 aliphatic carbocycles. The van der Waals surface area contributed by atoms with Gasteiger partial charge in [-0.3, -0.25) is 0 Å². The topological polar surface area (TPSA) is 62.8 Å². The van der Waals surface area contributed by atoms with E-state index in [1.807, 2.05) is 48.5 Å². The molecule has 3 aromatic rings. The molecule has 112 valence electrons. The van der Waals surface area contributed by atoms with Crippen LogP contribution in [0.5, 0.6) is 5.75 Å². The molecular formula is C16H15ClN4O. The molecule has 6 heteroatoms. The number of para-hydroxylation sites is 1. The first kappa shape index (κ1) is 14.4. The van der Waals surface area contributed by atoms with Crippen molar-refractivity contribution in [3.05, 3.63) is 71.0 Å². The lowest BCUT2D eigenvalue weighted by Gasteiger charge is -2.12. The van der Waals surface area contributed by atoms with Crippen molar-refractivity contribution in [3.63, 3.8) is 0 Å². The van der Waals surface area contributed by atoms with E-state index in [0.29, 0.717) is 24.1 Å². The summed E-state index contributed by atoms with van der Waals surface area (Å²) in [4.78, 5) is 4.03. The third kappa shape index (κ3) is 3.56. The Labute approximate surface area is 133 Å². The van der Waals surface area contributed by atoms with Gasteiger partial charge in [-0.2, -0.15) is 5.10 Å². The lowest BCUT2D eigenvalue weighted by molar-refractivity contribution is 0.303. The third-order valence-corrected chi connectivity index (χ3v) is 3.54.